The van der Waals surface area contributed by atoms with Gasteiger partial charge in [-0.3, -0.25) is 0 Å². The Labute approximate surface area is 104 Å². The molecule has 0 aromatic heterocycles. The van der Waals surface area contributed by atoms with Crippen LogP contribution in [0.25, 0.3) is 0 Å². The number of rotatable bonds is 2. The molecule has 98 valence electrons. The second-order valence-electron chi connectivity index (χ2n) is 6.91. The maximum atomic E-state index is 11.2. The molecule has 3 heteroatoms. The van der Waals surface area contributed by atoms with Crippen LogP contribution in [-0.2, 0) is 0 Å². The van der Waals surface area contributed by atoms with Crippen LogP contribution in [0, 0.1) is 11.3 Å². The molecule has 1 aliphatic carbocycles. The van der Waals surface area contributed by atoms with E-state index in [1.54, 1.807) is 0 Å². The van der Waals surface area contributed by atoms with Crippen molar-refractivity contribution in [1.29, 1.82) is 0 Å². The van der Waals surface area contributed by atoms with Crippen molar-refractivity contribution in [3.05, 3.63) is 0 Å². The Morgan fingerprint density at radius 1 is 1.18 bits per heavy atom. The van der Waals surface area contributed by atoms with E-state index in [9.17, 15) is 5.11 Å². The van der Waals surface area contributed by atoms with Crippen molar-refractivity contribution in [3.63, 3.8) is 0 Å². The highest BCUT2D eigenvalue weighted by molar-refractivity contribution is 5.10. The van der Waals surface area contributed by atoms with Crippen molar-refractivity contribution >= 4 is 0 Å². The first-order chi connectivity index (χ1) is 8.07. The second-order valence-corrected chi connectivity index (χ2v) is 6.91. The molecule has 2 bridgehead atoms. The zero-order valence-electron chi connectivity index (χ0n) is 10.9. The molecule has 2 saturated heterocycles. The summed E-state index contributed by atoms with van der Waals surface area (Å²) in [5.74, 6) is 0.732. The number of hydrogen-bond donors (Lipinski definition) is 3. The fourth-order valence-corrected chi connectivity index (χ4v) is 4.75. The first kappa shape index (κ1) is 11.9. The van der Waals surface area contributed by atoms with Crippen LogP contribution in [0.5, 0.6) is 0 Å². The fourth-order valence-electron chi connectivity index (χ4n) is 4.75. The Bertz CT molecular complexity index is 295. The van der Waals surface area contributed by atoms with Gasteiger partial charge in [-0.05, 0) is 44.4 Å². The highest BCUT2D eigenvalue weighted by atomic mass is 16.3. The molecule has 0 radical (unpaired) electrons. The molecular formula is C14H26N2O. The first-order valence-electron chi connectivity index (χ1n) is 7.25. The maximum Gasteiger partial charge on any atom is 0.0745 e. The minimum Gasteiger partial charge on any atom is -0.389 e. The van der Waals surface area contributed by atoms with Gasteiger partial charge in [-0.1, -0.05) is 13.3 Å². The fraction of sp³-hybridized carbons (Fsp3) is 1.00. The molecule has 4 unspecified atom stereocenters. The lowest BCUT2D eigenvalue weighted by Crippen LogP contribution is -2.59. The van der Waals surface area contributed by atoms with E-state index < -0.39 is 5.60 Å². The molecule has 0 amide bonds. The number of aliphatic hydroxyl groups is 1. The molecule has 1 saturated carbocycles. The minimum absolute atomic E-state index is 0.00928. The highest BCUT2D eigenvalue weighted by Crippen LogP contribution is 2.54. The van der Waals surface area contributed by atoms with E-state index in [0.717, 1.165) is 31.6 Å². The van der Waals surface area contributed by atoms with Crippen LogP contribution in [0.2, 0.25) is 0 Å². The molecule has 2 aliphatic heterocycles. The lowest BCUT2D eigenvalue weighted by molar-refractivity contribution is -0.111. The Hall–Kier alpha value is -0.120. The number of nitrogens with one attached hydrogen (secondary N) is 1. The Balaban J connectivity index is 1.86. The van der Waals surface area contributed by atoms with E-state index in [1.165, 1.54) is 19.3 Å². The molecule has 4 atom stereocenters. The van der Waals surface area contributed by atoms with Crippen LogP contribution in [0.4, 0.5) is 0 Å². The molecule has 4 N–H and O–H groups in total. The molecule has 3 fully saturated rings. The molecule has 3 nitrogen and oxygen atoms in total. The van der Waals surface area contributed by atoms with Gasteiger partial charge < -0.3 is 16.2 Å². The predicted molar refractivity (Wildman–Crippen MR) is 68.6 cm³/mol. The predicted octanol–water partition coefficient (Wildman–Crippen LogP) is 1.40. The topological polar surface area (TPSA) is 58.3 Å². The van der Waals surface area contributed by atoms with Crippen LogP contribution in [0.15, 0.2) is 0 Å². The lowest BCUT2D eigenvalue weighted by Gasteiger charge is -2.49. The summed E-state index contributed by atoms with van der Waals surface area (Å²) in [6, 6.07) is 1.08. The molecule has 3 rings (SSSR count). The zero-order valence-corrected chi connectivity index (χ0v) is 10.9. The summed E-state index contributed by atoms with van der Waals surface area (Å²) in [6.45, 7) is 2.96. The minimum atomic E-state index is -0.496. The number of hydrogen-bond acceptors (Lipinski definition) is 3. The normalized spacial score (nSPS) is 54.2. The standard InChI is InChI=1S/C14H26N2O/c1-10-4-5-13(6-10,9-15)14(17)7-11-2-3-12(8-14)16-11/h10-12,16-17H,2-9,15H2,1H3. The van der Waals surface area contributed by atoms with E-state index in [0.29, 0.717) is 18.6 Å². The second kappa shape index (κ2) is 3.94. The van der Waals surface area contributed by atoms with Crippen LogP contribution in [-0.4, -0.2) is 29.3 Å². The van der Waals surface area contributed by atoms with Gasteiger partial charge in [-0.15, -0.1) is 0 Å². The monoisotopic (exact) mass is 238 g/mol. The van der Waals surface area contributed by atoms with Crippen molar-refractivity contribution in [2.45, 2.75) is 69.6 Å². The third kappa shape index (κ3) is 1.74. The Kier molecular flexibility index (Phi) is 2.77. The van der Waals surface area contributed by atoms with Gasteiger partial charge in [-0.2, -0.15) is 0 Å². The van der Waals surface area contributed by atoms with Gasteiger partial charge in [-0.25, -0.2) is 0 Å². The van der Waals surface area contributed by atoms with Crippen molar-refractivity contribution in [1.82, 2.24) is 5.32 Å². The summed E-state index contributed by atoms with van der Waals surface area (Å²) in [5.41, 5.74) is 5.59. The maximum absolute atomic E-state index is 11.2. The van der Waals surface area contributed by atoms with Gasteiger partial charge in [0.05, 0.1) is 5.60 Å². The van der Waals surface area contributed by atoms with E-state index in [2.05, 4.69) is 12.2 Å². The molecule has 0 aromatic rings. The van der Waals surface area contributed by atoms with Gasteiger partial charge in [0, 0.05) is 24.0 Å². The van der Waals surface area contributed by atoms with Crippen molar-refractivity contribution < 1.29 is 5.11 Å². The van der Waals surface area contributed by atoms with E-state index in [1.807, 2.05) is 0 Å². The van der Waals surface area contributed by atoms with Crippen LogP contribution < -0.4 is 11.1 Å². The summed E-state index contributed by atoms with van der Waals surface area (Å²) >= 11 is 0. The Morgan fingerprint density at radius 2 is 1.82 bits per heavy atom. The van der Waals surface area contributed by atoms with Gasteiger partial charge in [0.25, 0.3) is 0 Å². The van der Waals surface area contributed by atoms with Gasteiger partial charge in [0.15, 0.2) is 0 Å². The molecule has 0 aromatic carbocycles. The lowest BCUT2D eigenvalue weighted by atomic mass is 9.64. The van der Waals surface area contributed by atoms with Crippen molar-refractivity contribution in [3.8, 4) is 0 Å². The Morgan fingerprint density at radius 3 is 2.29 bits per heavy atom. The van der Waals surface area contributed by atoms with Crippen molar-refractivity contribution in [2.75, 3.05) is 6.54 Å². The SMILES string of the molecule is CC1CCC(CN)(C2(O)CC3CCC(C2)N3)C1. The van der Waals surface area contributed by atoms with Crippen LogP contribution in [0.1, 0.15) is 51.9 Å². The third-order valence-electron chi connectivity index (χ3n) is 5.74. The smallest absolute Gasteiger partial charge is 0.0745 e. The number of nitrogens with two attached hydrogens (primary N) is 1. The first-order valence-corrected chi connectivity index (χ1v) is 7.25. The van der Waals surface area contributed by atoms with Crippen LogP contribution in [0.3, 0.4) is 0 Å². The van der Waals surface area contributed by atoms with Crippen molar-refractivity contribution in [2.24, 2.45) is 17.1 Å². The highest BCUT2D eigenvalue weighted by Gasteiger charge is 2.56. The van der Waals surface area contributed by atoms with Crippen LogP contribution >= 0.6 is 0 Å². The number of piperidine rings is 1. The van der Waals surface area contributed by atoms with Gasteiger partial charge in [0.2, 0.25) is 0 Å². The summed E-state index contributed by atoms with van der Waals surface area (Å²) in [7, 11) is 0. The largest absolute Gasteiger partial charge is 0.389 e. The average Bonchev–Trinajstić information content (AvgIpc) is 2.84. The molecule has 17 heavy (non-hydrogen) atoms. The summed E-state index contributed by atoms with van der Waals surface area (Å²) < 4.78 is 0. The average molecular weight is 238 g/mol. The summed E-state index contributed by atoms with van der Waals surface area (Å²) in [5, 5.41) is 14.8. The molecule has 3 aliphatic rings. The number of fused-ring (bicyclic) bond motifs is 2. The summed E-state index contributed by atoms with van der Waals surface area (Å²) in [6.07, 6.45) is 7.82. The van der Waals surface area contributed by atoms with Gasteiger partial charge in [0.1, 0.15) is 0 Å². The van der Waals surface area contributed by atoms with E-state index >= 15 is 0 Å². The molecule has 2 heterocycles. The quantitative estimate of drug-likeness (QED) is 0.681. The molecule has 0 spiro atoms. The van der Waals surface area contributed by atoms with Gasteiger partial charge >= 0.3 is 0 Å². The molecular weight excluding hydrogens is 212 g/mol. The van der Waals surface area contributed by atoms with E-state index in [4.69, 9.17) is 5.73 Å². The summed E-state index contributed by atoms with van der Waals surface area (Å²) in [4.78, 5) is 0. The third-order valence-corrected chi connectivity index (χ3v) is 5.74. The zero-order chi connectivity index (χ0) is 12.1. The van der Waals surface area contributed by atoms with E-state index in [-0.39, 0.29) is 5.41 Å².